The second-order valence-corrected chi connectivity index (χ2v) is 5.45. The van der Waals surface area contributed by atoms with Crippen LogP contribution in [0.2, 0.25) is 15.1 Å². The first-order chi connectivity index (χ1) is 9.54. The number of rotatable bonds is 1. The Labute approximate surface area is 130 Å². The zero-order valence-corrected chi connectivity index (χ0v) is 12.2. The van der Waals surface area contributed by atoms with E-state index in [-0.39, 0.29) is 5.91 Å². The topological polar surface area (TPSA) is 41.5 Å². The first kappa shape index (κ1) is 13.4. The number of carbonyl (C=O) groups is 1. The Bertz CT molecular complexity index is 756. The molecule has 1 heterocycles. The molecule has 6 heteroatoms. The van der Waals surface area contributed by atoms with E-state index >= 15 is 0 Å². The summed E-state index contributed by atoms with van der Waals surface area (Å²) in [4.78, 5) is 16.3. The lowest BCUT2D eigenvalue weighted by Gasteiger charge is -2.00. The minimum absolute atomic E-state index is 0.270. The molecule has 2 aromatic rings. The monoisotopic (exact) mass is 324 g/mol. The first-order valence-corrected chi connectivity index (χ1v) is 6.83. The van der Waals surface area contributed by atoms with E-state index in [9.17, 15) is 4.79 Å². The van der Waals surface area contributed by atoms with E-state index in [1.165, 1.54) is 0 Å². The molecule has 0 radical (unpaired) electrons. The van der Waals surface area contributed by atoms with Crippen LogP contribution in [0.3, 0.4) is 0 Å². The fraction of sp³-hybridized carbons (Fsp3) is 0. The molecule has 3 rings (SSSR count). The predicted octanol–water partition coefficient (Wildman–Crippen LogP) is 4.72. The van der Waals surface area contributed by atoms with Gasteiger partial charge in [-0.2, -0.15) is 0 Å². The summed E-state index contributed by atoms with van der Waals surface area (Å²) in [6, 6.07) is 10.1. The van der Waals surface area contributed by atoms with Crippen molar-refractivity contribution in [1.29, 1.82) is 0 Å². The smallest absolute Gasteiger partial charge is 0.275 e. The molecule has 0 saturated carbocycles. The lowest BCUT2D eigenvalue weighted by Crippen LogP contribution is -2.13. The van der Waals surface area contributed by atoms with Crippen LogP contribution < -0.4 is 5.32 Å². The van der Waals surface area contributed by atoms with Gasteiger partial charge in [-0.25, -0.2) is 4.99 Å². The van der Waals surface area contributed by atoms with Crippen LogP contribution in [-0.4, -0.2) is 11.6 Å². The highest BCUT2D eigenvalue weighted by Gasteiger charge is 2.26. The molecule has 1 aliphatic rings. The second-order valence-electron chi connectivity index (χ2n) is 4.20. The third-order valence-electron chi connectivity index (χ3n) is 2.84. The Morgan fingerprint density at radius 3 is 2.50 bits per heavy atom. The van der Waals surface area contributed by atoms with Gasteiger partial charge in [0.05, 0.1) is 21.4 Å². The molecule has 3 nitrogen and oxygen atoms in total. The molecule has 0 aliphatic carbocycles. The van der Waals surface area contributed by atoms with Crippen molar-refractivity contribution in [2.75, 3.05) is 5.32 Å². The molecule has 0 unspecified atom stereocenters. The lowest BCUT2D eigenvalue weighted by molar-refractivity contribution is -0.110. The summed E-state index contributed by atoms with van der Waals surface area (Å²) in [5, 5.41) is 4.10. The summed E-state index contributed by atoms with van der Waals surface area (Å²) < 4.78 is 0. The Hall–Kier alpha value is -1.55. The maximum Gasteiger partial charge on any atom is 0.275 e. The summed E-state index contributed by atoms with van der Waals surface area (Å²) in [7, 11) is 0. The summed E-state index contributed by atoms with van der Waals surface area (Å²) >= 11 is 17.7. The van der Waals surface area contributed by atoms with Crippen LogP contribution in [0.15, 0.2) is 41.4 Å². The SMILES string of the molecule is O=C1Nc2ccc(Cl)cc2C1=Nc1ccc(Cl)c(Cl)c1. The molecule has 0 fully saturated rings. The highest BCUT2D eigenvalue weighted by molar-refractivity contribution is 6.54. The van der Waals surface area contributed by atoms with Crippen LogP contribution in [0.1, 0.15) is 5.56 Å². The number of benzene rings is 2. The van der Waals surface area contributed by atoms with E-state index < -0.39 is 0 Å². The maximum absolute atomic E-state index is 12.0. The van der Waals surface area contributed by atoms with E-state index in [1.807, 2.05) is 0 Å². The number of amides is 1. The number of halogens is 3. The summed E-state index contributed by atoms with van der Waals surface area (Å²) in [5.74, 6) is -0.270. The molecule has 1 amide bonds. The second kappa shape index (κ2) is 5.09. The zero-order valence-electron chi connectivity index (χ0n) is 9.95. The van der Waals surface area contributed by atoms with Crippen LogP contribution in [0.5, 0.6) is 0 Å². The largest absolute Gasteiger partial charge is 0.320 e. The lowest BCUT2D eigenvalue weighted by atomic mass is 10.1. The van der Waals surface area contributed by atoms with Crippen molar-refractivity contribution in [3.05, 3.63) is 57.0 Å². The van der Waals surface area contributed by atoms with Crippen LogP contribution >= 0.6 is 34.8 Å². The molecule has 0 atom stereocenters. The van der Waals surface area contributed by atoms with Gasteiger partial charge in [0.2, 0.25) is 0 Å². The highest BCUT2D eigenvalue weighted by Crippen LogP contribution is 2.30. The molecule has 2 aromatic carbocycles. The first-order valence-electron chi connectivity index (χ1n) is 5.69. The maximum atomic E-state index is 12.0. The molecular weight excluding hydrogens is 319 g/mol. The summed E-state index contributed by atoms with van der Waals surface area (Å²) in [5.41, 5.74) is 2.23. The average Bonchev–Trinajstić information content (AvgIpc) is 2.70. The molecule has 20 heavy (non-hydrogen) atoms. The van der Waals surface area contributed by atoms with Crippen molar-refractivity contribution >= 4 is 57.8 Å². The van der Waals surface area contributed by atoms with Crippen molar-refractivity contribution in [1.82, 2.24) is 0 Å². The van der Waals surface area contributed by atoms with Gasteiger partial charge in [-0.1, -0.05) is 34.8 Å². The Morgan fingerprint density at radius 2 is 1.75 bits per heavy atom. The van der Waals surface area contributed by atoms with Gasteiger partial charge in [0.15, 0.2) is 0 Å². The number of aliphatic imine (C=N–C) groups is 1. The standard InChI is InChI=1S/C14H7Cl3N2O/c15-7-1-4-12-9(5-7)13(14(20)19-12)18-8-2-3-10(16)11(17)6-8/h1-6H,(H,18,19,20). The molecule has 1 aliphatic heterocycles. The Kier molecular flexibility index (Phi) is 3.42. The van der Waals surface area contributed by atoms with Crippen molar-refractivity contribution in [2.24, 2.45) is 4.99 Å². The Morgan fingerprint density at radius 1 is 0.950 bits per heavy atom. The number of fused-ring (bicyclic) bond motifs is 1. The van der Waals surface area contributed by atoms with Crippen LogP contribution in [0, 0.1) is 0 Å². The molecule has 1 N–H and O–H groups in total. The number of carbonyl (C=O) groups excluding carboxylic acids is 1. The minimum atomic E-state index is -0.270. The number of nitrogens with one attached hydrogen (secondary N) is 1. The molecule has 0 spiro atoms. The van der Waals surface area contributed by atoms with Gasteiger partial charge in [0.1, 0.15) is 5.71 Å². The van der Waals surface area contributed by atoms with Crippen molar-refractivity contribution in [3.63, 3.8) is 0 Å². The van der Waals surface area contributed by atoms with E-state index in [1.54, 1.807) is 36.4 Å². The molecule has 0 bridgehead atoms. The number of anilines is 1. The number of nitrogens with zero attached hydrogens (tertiary/aromatic N) is 1. The van der Waals surface area contributed by atoms with Gasteiger partial charge in [-0.15, -0.1) is 0 Å². The van der Waals surface area contributed by atoms with Crippen molar-refractivity contribution < 1.29 is 4.79 Å². The molecule has 0 aromatic heterocycles. The number of hydrogen-bond acceptors (Lipinski definition) is 2. The van der Waals surface area contributed by atoms with Gasteiger partial charge in [-0.3, -0.25) is 4.79 Å². The molecular formula is C14H7Cl3N2O. The molecule has 0 saturated heterocycles. The predicted molar refractivity (Wildman–Crippen MR) is 82.7 cm³/mol. The zero-order chi connectivity index (χ0) is 14.3. The van der Waals surface area contributed by atoms with Crippen LogP contribution in [0.25, 0.3) is 0 Å². The average molecular weight is 326 g/mol. The van der Waals surface area contributed by atoms with E-state index in [0.717, 1.165) is 0 Å². The van der Waals surface area contributed by atoms with Gasteiger partial charge in [-0.05, 0) is 36.4 Å². The Balaban J connectivity index is 2.10. The van der Waals surface area contributed by atoms with Crippen LogP contribution in [0.4, 0.5) is 11.4 Å². The molecule has 100 valence electrons. The summed E-state index contributed by atoms with van der Waals surface area (Å²) in [6.07, 6.45) is 0. The van der Waals surface area contributed by atoms with Gasteiger partial charge >= 0.3 is 0 Å². The normalized spacial score (nSPS) is 15.3. The highest BCUT2D eigenvalue weighted by atomic mass is 35.5. The van der Waals surface area contributed by atoms with Gasteiger partial charge in [0, 0.05) is 10.6 Å². The minimum Gasteiger partial charge on any atom is -0.320 e. The summed E-state index contributed by atoms with van der Waals surface area (Å²) in [6.45, 7) is 0. The van der Waals surface area contributed by atoms with Crippen molar-refractivity contribution in [3.8, 4) is 0 Å². The number of hydrogen-bond donors (Lipinski definition) is 1. The van der Waals surface area contributed by atoms with Gasteiger partial charge in [0.25, 0.3) is 5.91 Å². The van der Waals surface area contributed by atoms with Gasteiger partial charge < -0.3 is 5.32 Å². The third kappa shape index (κ3) is 2.40. The van der Waals surface area contributed by atoms with E-state index in [0.29, 0.717) is 37.7 Å². The van der Waals surface area contributed by atoms with Crippen LogP contribution in [-0.2, 0) is 4.79 Å². The van der Waals surface area contributed by atoms with E-state index in [4.69, 9.17) is 34.8 Å². The quantitative estimate of drug-likeness (QED) is 0.810. The third-order valence-corrected chi connectivity index (χ3v) is 3.82. The van der Waals surface area contributed by atoms with E-state index in [2.05, 4.69) is 10.3 Å². The van der Waals surface area contributed by atoms with Crippen molar-refractivity contribution in [2.45, 2.75) is 0 Å². The fourth-order valence-electron chi connectivity index (χ4n) is 1.92. The fourth-order valence-corrected chi connectivity index (χ4v) is 2.38.